The van der Waals surface area contributed by atoms with Gasteiger partial charge >= 0.3 is 0 Å². The average Bonchev–Trinajstić information content (AvgIpc) is 2.98. The summed E-state index contributed by atoms with van der Waals surface area (Å²) in [5, 5.41) is 0. The highest BCUT2D eigenvalue weighted by Crippen LogP contribution is 2.27. The molecule has 4 heteroatoms. The second-order valence-corrected chi connectivity index (χ2v) is 7.02. The van der Waals surface area contributed by atoms with Crippen LogP contribution in [0, 0.1) is 5.82 Å². The van der Waals surface area contributed by atoms with Gasteiger partial charge in [-0.1, -0.05) is 12.1 Å². The summed E-state index contributed by atoms with van der Waals surface area (Å²) in [6.07, 6.45) is 2.45. The molecule has 2 saturated heterocycles. The van der Waals surface area contributed by atoms with Gasteiger partial charge in [-0.25, -0.2) is 4.39 Å². The summed E-state index contributed by atoms with van der Waals surface area (Å²) < 4.78 is 13.0. The van der Waals surface area contributed by atoms with Crippen molar-refractivity contribution in [2.75, 3.05) is 53.4 Å². The molecule has 3 nitrogen and oxygen atoms in total. The van der Waals surface area contributed by atoms with Crippen LogP contribution in [0.15, 0.2) is 24.3 Å². The van der Waals surface area contributed by atoms with Gasteiger partial charge in [-0.15, -0.1) is 0 Å². The molecule has 0 bridgehead atoms. The second-order valence-electron chi connectivity index (χ2n) is 7.02. The predicted molar refractivity (Wildman–Crippen MR) is 88.7 cm³/mol. The standard InChI is InChI=1S/C18H28FN3/c1-20-11-12-21(2)18(14-20)8-10-22-9-7-16(13-22)15-3-5-17(19)6-4-15/h3-6,16,18H,7-14H2,1-2H3/t16-,18+/m1/s1. The smallest absolute Gasteiger partial charge is 0.123 e. The van der Waals surface area contributed by atoms with E-state index in [1.165, 1.54) is 51.1 Å². The quantitative estimate of drug-likeness (QED) is 0.845. The van der Waals surface area contributed by atoms with Gasteiger partial charge < -0.3 is 14.7 Å². The number of rotatable bonds is 4. The van der Waals surface area contributed by atoms with Crippen LogP contribution in [0.25, 0.3) is 0 Å². The molecule has 2 fully saturated rings. The highest BCUT2D eigenvalue weighted by Gasteiger charge is 2.26. The first kappa shape index (κ1) is 15.9. The maximum absolute atomic E-state index is 13.0. The Morgan fingerprint density at radius 2 is 1.82 bits per heavy atom. The Morgan fingerprint density at radius 1 is 1.05 bits per heavy atom. The number of hydrogen-bond acceptors (Lipinski definition) is 3. The molecule has 0 aromatic heterocycles. The maximum atomic E-state index is 13.0. The zero-order valence-corrected chi connectivity index (χ0v) is 13.8. The summed E-state index contributed by atoms with van der Waals surface area (Å²) in [4.78, 5) is 7.53. The van der Waals surface area contributed by atoms with E-state index >= 15 is 0 Å². The lowest BCUT2D eigenvalue weighted by molar-refractivity contribution is 0.101. The van der Waals surface area contributed by atoms with Crippen molar-refractivity contribution in [2.45, 2.75) is 24.8 Å². The maximum Gasteiger partial charge on any atom is 0.123 e. The monoisotopic (exact) mass is 305 g/mol. The molecule has 0 radical (unpaired) electrons. The molecule has 0 amide bonds. The molecule has 0 spiro atoms. The lowest BCUT2D eigenvalue weighted by Gasteiger charge is -2.38. The molecular formula is C18H28FN3. The van der Waals surface area contributed by atoms with Crippen LogP contribution in [0.5, 0.6) is 0 Å². The zero-order chi connectivity index (χ0) is 15.5. The zero-order valence-electron chi connectivity index (χ0n) is 13.8. The Kier molecular flexibility index (Phi) is 5.11. The van der Waals surface area contributed by atoms with Crippen molar-refractivity contribution in [1.29, 1.82) is 0 Å². The molecule has 1 aromatic rings. The Morgan fingerprint density at radius 3 is 2.59 bits per heavy atom. The molecule has 122 valence electrons. The number of hydrogen-bond donors (Lipinski definition) is 0. The van der Waals surface area contributed by atoms with Crippen LogP contribution in [-0.4, -0.2) is 74.1 Å². The van der Waals surface area contributed by atoms with Gasteiger partial charge in [0.2, 0.25) is 0 Å². The lowest BCUT2D eigenvalue weighted by atomic mass is 9.99. The van der Waals surface area contributed by atoms with Crippen LogP contribution in [0.3, 0.4) is 0 Å². The van der Waals surface area contributed by atoms with E-state index in [9.17, 15) is 4.39 Å². The van der Waals surface area contributed by atoms with Crippen LogP contribution in [0.1, 0.15) is 24.3 Å². The van der Waals surface area contributed by atoms with Gasteiger partial charge in [0, 0.05) is 32.2 Å². The Labute approximate surface area is 133 Å². The molecule has 0 aliphatic carbocycles. The van der Waals surface area contributed by atoms with Crippen molar-refractivity contribution in [3.05, 3.63) is 35.6 Å². The first-order valence-corrected chi connectivity index (χ1v) is 8.48. The summed E-state index contributed by atoms with van der Waals surface area (Å²) in [6.45, 7) is 7.03. The first-order chi connectivity index (χ1) is 10.6. The third-order valence-electron chi connectivity index (χ3n) is 5.37. The molecule has 3 rings (SSSR count). The molecule has 0 unspecified atom stereocenters. The van der Waals surface area contributed by atoms with E-state index in [1.807, 2.05) is 12.1 Å². The van der Waals surface area contributed by atoms with Crippen molar-refractivity contribution >= 4 is 0 Å². The number of benzene rings is 1. The van der Waals surface area contributed by atoms with Gasteiger partial charge in [0.25, 0.3) is 0 Å². The third-order valence-corrected chi connectivity index (χ3v) is 5.37. The minimum atomic E-state index is -0.136. The third kappa shape index (κ3) is 3.86. The minimum absolute atomic E-state index is 0.136. The van der Waals surface area contributed by atoms with Gasteiger partial charge in [-0.3, -0.25) is 0 Å². The Balaban J connectivity index is 1.47. The van der Waals surface area contributed by atoms with Gasteiger partial charge in [0.1, 0.15) is 5.82 Å². The van der Waals surface area contributed by atoms with E-state index in [1.54, 1.807) is 12.1 Å². The summed E-state index contributed by atoms with van der Waals surface area (Å²) in [5.41, 5.74) is 1.29. The van der Waals surface area contributed by atoms with E-state index in [4.69, 9.17) is 0 Å². The van der Waals surface area contributed by atoms with Gasteiger partial charge in [-0.2, -0.15) is 0 Å². The van der Waals surface area contributed by atoms with Crippen molar-refractivity contribution < 1.29 is 4.39 Å². The summed E-state index contributed by atoms with van der Waals surface area (Å²) >= 11 is 0. The summed E-state index contributed by atoms with van der Waals surface area (Å²) in [6, 6.07) is 7.76. The van der Waals surface area contributed by atoms with Gasteiger partial charge in [0.15, 0.2) is 0 Å². The molecule has 22 heavy (non-hydrogen) atoms. The Hall–Kier alpha value is -0.970. The highest BCUT2D eigenvalue weighted by atomic mass is 19.1. The van der Waals surface area contributed by atoms with Gasteiger partial charge in [0.05, 0.1) is 0 Å². The average molecular weight is 305 g/mol. The summed E-state index contributed by atoms with van der Waals surface area (Å²) in [7, 11) is 4.48. The van der Waals surface area contributed by atoms with Crippen LogP contribution in [0.4, 0.5) is 4.39 Å². The molecule has 2 heterocycles. The van der Waals surface area contributed by atoms with Crippen LogP contribution >= 0.6 is 0 Å². The molecular weight excluding hydrogens is 277 g/mol. The predicted octanol–water partition coefficient (Wildman–Crippen LogP) is 2.25. The van der Waals surface area contributed by atoms with Crippen molar-refractivity contribution in [1.82, 2.24) is 14.7 Å². The van der Waals surface area contributed by atoms with Crippen LogP contribution < -0.4 is 0 Å². The van der Waals surface area contributed by atoms with E-state index < -0.39 is 0 Å². The van der Waals surface area contributed by atoms with E-state index in [0.29, 0.717) is 12.0 Å². The van der Waals surface area contributed by atoms with Crippen LogP contribution in [-0.2, 0) is 0 Å². The topological polar surface area (TPSA) is 9.72 Å². The fraction of sp³-hybridized carbons (Fsp3) is 0.667. The normalized spacial score (nSPS) is 28.3. The van der Waals surface area contributed by atoms with Crippen molar-refractivity contribution in [2.24, 2.45) is 0 Å². The molecule has 2 atom stereocenters. The lowest BCUT2D eigenvalue weighted by Crippen LogP contribution is -2.50. The van der Waals surface area contributed by atoms with Gasteiger partial charge in [-0.05, 0) is 63.6 Å². The SMILES string of the molecule is CN1CCN(C)[C@@H](CCN2CC[C@@H](c3ccc(F)cc3)C2)C1. The van der Waals surface area contributed by atoms with Crippen molar-refractivity contribution in [3.63, 3.8) is 0 Å². The molecule has 1 aromatic carbocycles. The number of piperazine rings is 1. The number of likely N-dealkylation sites (N-methyl/N-ethyl adjacent to an activating group) is 2. The fourth-order valence-electron chi connectivity index (χ4n) is 3.79. The Bertz CT molecular complexity index is 476. The van der Waals surface area contributed by atoms with E-state index in [0.717, 1.165) is 6.54 Å². The second kappa shape index (κ2) is 7.07. The van der Waals surface area contributed by atoms with E-state index in [2.05, 4.69) is 28.8 Å². The molecule has 2 aliphatic rings. The molecule has 2 aliphatic heterocycles. The van der Waals surface area contributed by atoms with E-state index in [-0.39, 0.29) is 5.82 Å². The fourth-order valence-corrected chi connectivity index (χ4v) is 3.79. The largest absolute Gasteiger partial charge is 0.304 e. The van der Waals surface area contributed by atoms with Crippen molar-refractivity contribution in [3.8, 4) is 0 Å². The van der Waals surface area contributed by atoms with Crippen LogP contribution in [0.2, 0.25) is 0 Å². The molecule has 0 saturated carbocycles. The first-order valence-electron chi connectivity index (χ1n) is 8.48. The number of nitrogens with zero attached hydrogens (tertiary/aromatic N) is 3. The molecule has 0 N–H and O–H groups in total. The summed E-state index contributed by atoms with van der Waals surface area (Å²) in [5.74, 6) is 0.440. The number of likely N-dealkylation sites (tertiary alicyclic amines) is 1. The highest BCUT2D eigenvalue weighted by molar-refractivity contribution is 5.21. The number of halogens is 1. The minimum Gasteiger partial charge on any atom is -0.304 e.